The zero-order chi connectivity index (χ0) is 19.3. The Morgan fingerprint density at radius 3 is 2.70 bits per heavy atom. The zero-order valence-corrected chi connectivity index (χ0v) is 17.6. The molecule has 27 heavy (non-hydrogen) atoms. The third-order valence-electron chi connectivity index (χ3n) is 6.73. The van der Waals surface area contributed by atoms with Gasteiger partial charge in [0.05, 0.1) is 5.69 Å². The highest BCUT2D eigenvalue weighted by atomic mass is 14.7. The van der Waals surface area contributed by atoms with E-state index in [0.717, 1.165) is 19.3 Å². The van der Waals surface area contributed by atoms with Crippen LogP contribution in [0.1, 0.15) is 69.3 Å². The first kappa shape index (κ1) is 18.2. The van der Waals surface area contributed by atoms with Crippen molar-refractivity contribution in [3.05, 3.63) is 70.1 Å². The molecule has 1 heterocycles. The fourth-order valence-electron chi connectivity index (χ4n) is 5.23. The molecule has 0 aliphatic heterocycles. The molecule has 2 aliphatic carbocycles. The number of rotatable bonds is 3. The van der Waals surface area contributed by atoms with Crippen molar-refractivity contribution in [2.75, 3.05) is 0 Å². The van der Waals surface area contributed by atoms with Crippen LogP contribution in [0.2, 0.25) is 0 Å². The minimum atomic E-state index is 0.00972. The van der Waals surface area contributed by atoms with Gasteiger partial charge in [-0.2, -0.15) is 0 Å². The van der Waals surface area contributed by atoms with Crippen LogP contribution in [0.15, 0.2) is 47.7 Å². The first-order chi connectivity index (χ1) is 12.9. The average Bonchev–Trinajstić information content (AvgIpc) is 2.64. The standard InChI is InChI=1S/C26H31N/c1-7-8-9-10-19-12-11-16(2)24-22(19)25-23-20(13-14-27-25)18(4)17(3)15-21(23)26(24,5)6/h8-9,11,13-15,19H,7,10,12H2,1-6H3. The Morgan fingerprint density at radius 1 is 1.19 bits per heavy atom. The Bertz CT molecular complexity index is 1010. The van der Waals surface area contributed by atoms with Crippen LogP contribution in [-0.2, 0) is 5.41 Å². The number of hydrogen-bond donors (Lipinski definition) is 0. The van der Waals surface area contributed by atoms with Gasteiger partial charge >= 0.3 is 0 Å². The van der Waals surface area contributed by atoms with E-state index in [2.05, 4.69) is 71.9 Å². The van der Waals surface area contributed by atoms with Crippen molar-refractivity contribution in [1.82, 2.24) is 4.98 Å². The minimum absolute atomic E-state index is 0.00972. The molecule has 1 atom stereocenters. The van der Waals surface area contributed by atoms with Crippen LogP contribution in [0.4, 0.5) is 0 Å². The summed E-state index contributed by atoms with van der Waals surface area (Å²) >= 11 is 0. The van der Waals surface area contributed by atoms with Crippen molar-refractivity contribution in [2.24, 2.45) is 5.92 Å². The largest absolute Gasteiger partial charge is 0.256 e. The molecule has 0 saturated heterocycles. The number of hydrogen-bond acceptors (Lipinski definition) is 1. The van der Waals surface area contributed by atoms with E-state index in [9.17, 15) is 0 Å². The van der Waals surface area contributed by atoms with Gasteiger partial charge in [-0.1, -0.05) is 50.6 Å². The lowest BCUT2D eigenvalue weighted by Gasteiger charge is -2.42. The fraction of sp³-hybridized carbons (Fsp3) is 0.423. The Kier molecular flexibility index (Phi) is 4.37. The predicted octanol–water partition coefficient (Wildman–Crippen LogP) is 7.22. The van der Waals surface area contributed by atoms with Crippen LogP contribution in [0.25, 0.3) is 16.3 Å². The Hall–Kier alpha value is -2.15. The molecule has 2 aliphatic rings. The molecule has 2 aromatic rings. The Labute approximate surface area is 163 Å². The quantitative estimate of drug-likeness (QED) is 0.528. The molecule has 0 spiro atoms. The maximum Gasteiger partial charge on any atom is 0.0749 e. The molecule has 1 unspecified atom stereocenters. The number of pyridine rings is 1. The summed E-state index contributed by atoms with van der Waals surface area (Å²) in [6.07, 6.45) is 12.5. The number of aryl methyl sites for hydroxylation is 2. The van der Waals surface area contributed by atoms with Crippen molar-refractivity contribution >= 4 is 16.3 Å². The Balaban J connectivity index is 2.05. The smallest absolute Gasteiger partial charge is 0.0749 e. The van der Waals surface area contributed by atoms with Crippen LogP contribution in [0.5, 0.6) is 0 Å². The molecule has 0 fully saturated rings. The SMILES string of the molecule is CCC=CCC1CC=C(C)C2=C1c1nccc3c(C)c(C)cc(c13)C2(C)C. The van der Waals surface area contributed by atoms with E-state index in [1.807, 2.05) is 6.20 Å². The summed E-state index contributed by atoms with van der Waals surface area (Å²) < 4.78 is 0. The summed E-state index contributed by atoms with van der Waals surface area (Å²) in [6, 6.07) is 4.63. The Morgan fingerprint density at radius 2 is 1.96 bits per heavy atom. The molecule has 1 aromatic carbocycles. The first-order valence-electron chi connectivity index (χ1n) is 10.3. The maximum absolute atomic E-state index is 4.96. The molecular formula is C26H31N. The van der Waals surface area contributed by atoms with Gasteiger partial charge in [0.2, 0.25) is 0 Å². The highest BCUT2D eigenvalue weighted by Gasteiger charge is 2.40. The van der Waals surface area contributed by atoms with E-state index in [-0.39, 0.29) is 5.41 Å². The first-order valence-corrected chi connectivity index (χ1v) is 10.3. The average molecular weight is 358 g/mol. The molecule has 1 heteroatoms. The monoisotopic (exact) mass is 357 g/mol. The highest BCUT2D eigenvalue weighted by molar-refractivity contribution is 6.02. The summed E-state index contributed by atoms with van der Waals surface area (Å²) in [5.74, 6) is 0.527. The van der Waals surface area contributed by atoms with Gasteiger partial charge in [-0.25, -0.2) is 0 Å². The van der Waals surface area contributed by atoms with E-state index in [1.54, 1.807) is 0 Å². The second-order valence-electron chi connectivity index (χ2n) is 8.80. The van der Waals surface area contributed by atoms with Crippen LogP contribution in [0, 0.1) is 19.8 Å². The van der Waals surface area contributed by atoms with Crippen molar-refractivity contribution in [1.29, 1.82) is 0 Å². The predicted molar refractivity (Wildman–Crippen MR) is 117 cm³/mol. The number of aromatic nitrogens is 1. The van der Waals surface area contributed by atoms with Crippen molar-refractivity contribution in [3.8, 4) is 0 Å². The van der Waals surface area contributed by atoms with Gasteiger partial charge in [0.25, 0.3) is 0 Å². The van der Waals surface area contributed by atoms with Gasteiger partial charge < -0.3 is 0 Å². The van der Waals surface area contributed by atoms with Gasteiger partial charge in [-0.15, -0.1) is 0 Å². The zero-order valence-electron chi connectivity index (χ0n) is 17.6. The molecule has 0 amide bonds. The normalized spacial score (nSPS) is 21.0. The van der Waals surface area contributed by atoms with Crippen LogP contribution in [0.3, 0.4) is 0 Å². The molecule has 0 N–H and O–H groups in total. The lowest BCUT2D eigenvalue weighted by Crippen LogP contribution is -2.30. The summed E-state index contributed by atoms with van der Waals surface area (Å²) in [5, 5.41) is 2.77. The van der Waals surface area contributed by atoms with E-state index in [0.29, 0.717) is 5.92 Å². The van der Waals surface area contributed by atoms with Crippen molar-refractivity contribution < 1.29 is 0 Å². The molecule has 0 saturated carbocycles. The van der Waals surface area contributed by atoms with Crippen LogP contribution >= 0.6 is 0 Å². The molecule has 0 radical (unpaired) electrons. The van der Waals surface area contributed by atoms with Crippen molar-refractivity contribution in [3.63, 3.8) is 0 Å². The van der Waals surface area contributed by atoms with E-state index >= 15 is 0 Å². The number of nitrogens with zero attached hydrogens (tertiary/aromatic N) is 1. The molecule has 1 nitrogen and oxygen atoms in total. The lowest BCUT2D eigenvalue weighted by molar-refractivity contribution is 0.592. The van der Waals surface area contributed by atoms with Crippen LogP contribution in [-0.4, -0.2) is 4.98 Å². The number of fused-ring (bicyclic) bond motifs is 1. The van der Waals surface area contributed by atoms with Gasteiger partial charge in [-0.05, 0) is 85.2 Å². The van der Waals surface area contributed by atoms with Gasteiger partial charge in [0, 0.05) is 17.0 Å². The van der Waals surface area contributed by atoms with Gasteiger partial charge in [0.1, 0.15) is 0 Å². The third kappa shape index (κ3) is 2.63. The third-order valence-corrected chi connectivity index (χ3v) is 6.73. The molecule has 0 bridgehead atoms. The van der Waals surface area contributed by atoms with E-state index < -0.39 is 0 Å². The molecule has 140 valence electrons. The number of benzene rings is 1. The van der Waals surface area contributed by atoms with Crippen molar-refractivity contribution in [2.45, 2.75) is 66.2 Å². The molecule has 4 rings (SSSR count). The summed E-state index contributed by atoms with van der Waals surface area (Å²) in [5.41, 5.74) is 9.92. The lowest BCUT2D eigenvalue weighted by atomic mass is 9.62. The van der Waals surface area contributed by atoms with E-state index in [4.69, 9.17) is 4.98 Å². The second kappa shape index (κ2) is 6.48. The topological polar surface area (TPSA) is 12.9 Å². The summed E-state index contributed by atoms with van der Waals surface area (Å²) in [4.78, 5) is 4.96. The summed E-state index contributed by atoms with van der Waals surface area (Å²) in [7, 11) is 0. The number of allylic oxidation sites excluding steroid dienone is 6. The molecular weight excluding hydrogens is 326 g/mol. The highest BCUT2D eigenvalue weighted by Crippen LogP contribution is 2.53. The van der Waals surface area contributed by atoms with Gasteiger partial charge in [-0.3, -0.25) is 4.98 Å². The summed E-state index contributed by atoms with van der Waals surface area (Å²) in [6.45, 7) is 13.8. The molecule has 1 aromatic heterocycles. The maximum atomic E-state index is 4.96. The van der Waals surface area contributed by atoms with Crippen LogP contribution < -0.4 is 0 Å². The second-order valence-corrected chi connectivity index (χ2v) is 8.80. The fourth-order valence-corrected chi connectivity index (χ4v) is 5.23. The minimum Gasteiger partial charge on any atom is -0.256 e. The van der Waals surface area contributed by atoms with E-state index in [1.165, 1.54) is 49.9 Å². The van der Waals surface area contributed by atoms with Gasteiger partial charge in [0.15, 0.2) is 0 Å².